The van der Waals surface area contributed by atoms with Gasteiger partial charge in [-0.05, 0) is 32.1 Å². The highest BCUT2D eigenvalue weighted by atomic mass is 32.1. The Kier molecular flexibility index (Phi) is 2.87. The van der Waals surface area contributed by atoms with Gasteiger partial charge in [0.2, 0.25) is 0 Å². The van der Waals surface area contributed by atoms with Crippen molar-refractivity contribution in [3.63, 3.8) is 0 Å². The lowest BCUT2D eigenvalue weighted by molar-refractivity contribution is 0.207. The molecule has 0 saturated heterocycles. The number of thiazole rings is 1. The van der Waals surface area contributed by atoms with Gasteiger partial charge in [-0.1, -0.05) is 20.3 Å². The van der Waals surface area contributed by atoms with Crippen molar-refractivity contribution in [1.82, 2.24) is 4.98 Å². The van der Waals surface area contributed by atoms with Crippen LogP contribution in [0.2, 0.25) is 0 Å². The predicted molar refractivity (Wildman–Crippen MR) is 69.8 cm³/mol. The summed E-state index contributed by atoms with van der Waals surface area (Å²) in [5.74, 6) is 0. The van der Waals surface area contributed by atoms with E-state index in [2.05, 4.69) is 32.7 Å². The zero-order valence-electron chi connectivity index (χ0n) is 10.8. The van der Waals surface area contributed by atoms with Crippen LogP contribution >= 0.6 is 11.3 Å². The molecular formula is C13H22N2S. The van der Waals surface area contributed by atoms with E-state index in [1.54, 1.807) is 0 Å². The molecule has 0 radical (unpaired) electrons. The van der Waals surface area contributed by atoms with Gasteiger partial charge in [-0.2, -0.15) is 0 Å². The predicted octanol–water partition coefficient (Wildman–Crippen LogP) is 3.21. The van der Waals surface area contributed by atoms with Crippen LogP contribution in [0, 0.1) is 19.3 Å². The standard InChI is InChI=1S/C13H22N2S/c1-9-10(2)16-11(15-9)8-13(14)7-5-6-12(13,3)4/h5-8,14H2,1-4H3. The van der Waals surface area contributed by atoms with Crippen LogP contribution in [-0.4, -0.2) is 10.5 Å². The number of hydrogen-bond donors (Lipinski definition) is 1. The summed E-state index contributed by atoms with van der Waals surface area (Å²) in [6.07, 6.45) is 4.58. The second-order valence-corrected chi connectivity index (χ2v) is 7.11. The number of aromatic nitrogens is 1. The molecule has 0 bridgehead atoms. The van der Waals surface area contributed by atoms with Crippen molar-refractivity contribution in [2.75, 3.05) is 0 Å². The Bertz CT molecular complexity index is 375. The Morgan fingerprint density at radius 2 is 2.00 bits per heavy atom. The summed E-state index contributed by atoms with van der Waals surface area (Å²) < 4.78 is 0. The molecule has 3 heteroatoms. The molecule has 1 aliphatic rings. The van der Waals surface area contributed by atoms with Crippen LogP contribution in [0.3, 0.4) is 0 Å². The van der Waals surface area contributed by atoms with Crippen LogP contribution in [-0.2, 0) is 6.42 Å². The van der Waals surface area contributed by atoms with E-state index >= 15 is 0 Å². The smallest absolute Gasteiger partial charge is 0.0949 e. The normalized spacial score (nSPS) is 28.6. The quantitative estimate of drug-likeness (QED) is 0.859. The number of nitrogens with zero attached hydrogens (tertiary/aromatic N) is 1. The number of nitrogens with two attached hydrogens (primary N) is 1. The number of aryl methyl sites for hydroxylation is 2. The molecule has 90 valence electrons. The molecule has 2 nitrogen and oxygen atoms in total. The van der Waals surface area contributed by atoms with Gasteiger partial charge in [0.1, 0.15) is 0 Å². The number of hydrogen-bond acceptors (Lipinski definition) is 3. The van der Waals surface area contributed by atoms with Crippen LogP contribution in [0.5, 0.6) is 0 Å². The zero-order chi connectivity index (χ0) is 12.0. The molecule has 0 amide bonds. The van der Waals surface area contributed by atoms with Crippen molar-refractivity contribution in [3.05, 3.63) is 15.6 Å². The van der Waals surface area contributed by atoms with Gasteiger partial charge in [-0.15, -0.1) is 11.3 Å². The van der Waals surface area contributed by atoms with Crippen molar-refractivity contribution in [2.45, 2.75) is 58.9 Å². The van der Waals surface area contributed by atoms with Crippen molar-refractivity contribution in [1.29, 1.82) is 0 Å². The Morgan fingerprint density at radius 1 is 1.31 bits per heavy atom. The van der Waals surface area contributed by atoms with Gasteiger partial charge < -0.3 is 5.73 Å². The van der Waals surface area contributed by atoms with E-state index in [0.717, 1.165) is 12.8 Å². The molecule has 0 aliphatic heterocycles. The van der Waals surface area contributed by atoms with Gasteiger partial charge in [-0.25, -0.2) is 4.98 Å². The third kappa shape index (κ3) is 1.91. The van der Waals surface area contributed by atoms with Gasteiger partial charge in [0.15, 0.2) is 0 Å². The molecule has 1 heterocycles. The maximum atomic E-state index is 6.59. The minimum atomic E-state index is -0.0519. The van der Waals surface area contributed by atoms with Gasteiger partial charge in [-0.3, -0.25) is 0 Å². The van der Waals surface area contributed by atoms with Crippen LogP contribution in [0.15, 0.2) is 0 Å². The number of rotatable bonds is 2. The average molecular weight is 238 g/mol. The van der Waals surface area contributed by atoms with Gasteiger partial charge in [0, 0.05) is 16.8 Å². The first-order chi connectivity index (χ1) is 7.34. The molecule has 2 rings (SSSR count). The lowest BCUT2D eigenvalue weighted by atomic mass is 9.74. The monoisotopic (exact) mass is 238 g/mol. The van der Waals surface area contributed by atoms with E-state index in [9.17, 15) is 0 Å². The SMILES string of the molecule is Cc1nc(CC2(N)CCCC2(C)C)sc1C. The van der Waals surface area contributed by atoms with Crippen LogP contribution in [0.25, 0.3) is 0 Å². The largest absolute Gasteiger partial charge is 0.324 e. The first kappa shape index (κ1) is 12.1. The van der Waals surface area contributed by atoms with Crippen molar-refractivity contribution < 1.29 is 0 Å². The highest BCUT2D eigenvalue weighted by Gasteiger charge is 2.46. The highest BCUT2D eigenvalue weighted by molar-refractivity contribution is 7.11. The minimum absolute atomic E-state index is 0.0519. The molecule has 1 fully saturated rings. The third-order valence-electron chi connectivity index (χ3n) is 4.31. The molecule has 16 heavy (non-hydrogen) atoms. The maximum absolute atomic E-state index is 6.59. The van der Waals surface area contributed by atoms with Crippen LogP contribution in [0.1, 0.15) is 48.7 Å². The van der Waals surface area contributed by atoms with Crippen LogP contribution < -0.4 is 5.73 Å². The summed E-state index contributed by atoms with van der Waals surface area (Å²) >= 11 is 1.81. The fraction of sp³-hybridized carbons (Fsp3) is 0.769. The molecule has 1 aromatic rings. The van der Waals surface area contributed by atoms with Crippen molar-refractivity contribution in [2.24, 2.45) is 11.1 Å². The summed E-state index contributed by atoms with van der Waals surface area (Å²) in [5.41, 5.74) is 7.96. The van der Waals surface area contributed by atoms with E-state index < -0.39 is 0 Å². The first-order valence-corrected chi connectivity index (χ1v) is 6.87. The Hall–Kier alpha value is -0.410. The zero-order valence-corrected chi connectivity index (χ0v) is 11.6. The molecule has 1 aliphatic carbocycles. The van der Waals surface area contributed by atoms with Crippen molar-refractivity contribution in [3.8, 4) is 0 Å². The fourth-order valence-corrected chi connectivity index (χ4v) is 3.70. The summed E-state index contributed by atoms with van der Waals surface area (Å²) in [5, 5.41) is 1.22. The van der Waals surface area contributed by atoms with Gasteiger partial charge >= 0.3 is 0 Å². The van der Waals surface area contributed by atoms with E-state index in [0.29, 0.717) is 0 Å². The van der Waals surface area contributed by atoms with E-state index in [1.165, 1.54) is 28.4 Å². The molecule has 1 aromatic heterocycles. The van der Waals surface area contributed by atoms with Gasteiger partial charge in [0.25, 0.3) is 0 Å². The van der Waals surface area contributed by atoms with E-state index in [1.807, 2.05) is 11.3 Å². The lowest BCUT2D eigenvalue weighted by Gasteiger charge is -2.37. The Balaban J connectivity index is 2.21. The van der Waals surface area contributed by atoms with E-state index in [-0.39, 0.29) is 11.0 Å². The highest BCUT2D eigenvalue weighted by Crippen LogP contribution is 2.46. The summed E-state index contributed by atoms with van der Waals surface area (Å²) in [7, 11) is 0. The maximum Gasteiger partial charge on any atom is 0.0949 e. The third-order valence-corrected chi connectivity index (χ3v) is 5.38. The lowest BCUT2D eigenvalue weighted by Crippen LogP contribution is -2.50. The van der Waals surface area contributed by atoms with Crippen LogP contribution in [0.4, 0.5) is 0 Å². The second kappa shape index (κ2) is 3.81. The molecule has 0 spiro atoms. The summed E-state index contributed by atoms with van der Waals surface area (Å²) in [6, 6.07) is 0. The Labute approximate surface area is 102 Å². The molecule has 0 aromatic carbocycles. The minimum Gasteiger partial charge on any atom is -0.324 e. The Morgan fingerprint density at radius 3 is 2.44 bits per heavy atom. The topological polar surface area (TPSA) is 38.9 Å². The summed E-state index contributed by atoms with van der Waals surface area (Å²) in [6.45, 7) is 8.82. The van der Waals surface area contributed by atoms with E-state index in [4.69, 9.17) is 5.73 Å². The molecule has 1 atom stereocenters. The molecule has 1 saturated carbocycles. The first-order valence-electron chi connectivity index (χ1n) is 6.06. The average Bonchev–Trinajstić information content (AvgIpc) is 2.56. The fourth-order valence-electron chi connectivity index (χ4n) is 2.65. The summed E-state index contributed by atoms with van der Waals surface area (Å²) in [4.78, 5) is 5.95. The molecule has 2 N–H and O–H groups in total. The molecule has 1 unspecified atom stereocenters. The molecular weight excluding hydrogens is 216 g/mol. The van der Waals surface area contributed by atoms with Crippen molar-refractivity contribution >= 4 is 11.3 Å². The van der Waals surface area contributed by atoms with Gasteiger partial charge in [0.05, 0.1) is 10.7 Å². The second-order valence-electron chi connectivity index (χ2n) is 5.82.